The molecule has 1 N–H and O–H groups in total. The fraction of sp³-hybridized carbons (Fsp3) is 0.391. The number of amides is 1. The summed E-state index contributed by atoms with van der Waals surface area (Å²) in [6.07, 6.45) is 2.42. The van der Waals surface area contributed by atoms with Gasteiger partial charge in [0.15, 0.2) is 0 Å². The van der Waals surface area contributed by atoms with Gasteiger partial charge >= 0.3 is 11.2 Å². The molecule has 0 fully saturated rings. The molecule has 4 rings (SSSR count). The van der Waals surface area contributed by atoms with Crippen LogP contribution in [-0.4, -0.2) is 43.4 Å². The van der Waals surface area contributed by atoms with Crippen molar-refractivity contribution in [3.63, 3.8) is 0 Å². The van der Waals surface area contributed by atoms with Crippen LogP contribution in [0, 0.1) is 19.8 Å². The molecule has 11 heteroatoms. The van der Waals surface area contributed by atoms with Crippen molar-refractivity contribution < 1.29 is 27.2 Å². The average Bonchev–Trinajstić information content (AvgIpc) is 3.40. The number of aryl methyl sites for hydroxylation is 2. The summed E-state index contributed by atoms with van der Waals surface area (Å²) in [5, 5.41) is 9.72. The van der Waals surface area contributed by atoms with Gasteiger partial charge in [0.05, 0.1) is 12.7 Å². The Kier molecular flexibility index (Phi) is 6.59. The maximum atomic E-state index is 12.8. The molecule has 0 bridgehead atoms. The van der Waals surface area contributed by atoms with E-state index in [0.717, 1.165) is 34.4 Å². The number of methoxy groups -OCH3 is 1. The molecule has 34 heavy (non-hydrogen) atoms. The Morgan fingerprint density at radius 2 is 2.00 bits per heavy atom. The second kappa shape index (κ2) is 9.30. The lowest BCUT2D eigenvalue weighted by molar-refractivity contribution is -0.113. The largest absolute Gasteiger partial charge is 0.465 e. The van der Waals surface area contributed by atoms with Crippen molar-refractivity contribution in [3.8, 4) is 11.5 Å². The number of esters is 1. The molecule has 1 unspecified atom stereocenters. The number of anilines is 1. The number of fused-ring (bicyclic) bond motifs is 1. The zero-order valence-electron chi connectivity index (χ0n) is 19.3. The fourth-order valence-corrected chi connectivity index (χ4v) is 6.21. The van der Waals surface area contributed by atoms with E-state index in [1.165, 1.54) is 18.4 Å². The maximum absolute atomic E-state index is 12.8. The molecule has 9 nitrogen and oxygen atoms in total. The predicted molar refractivity (Wildman–Crippen MR) is 127 cm³/mol. The van der Waals surface area contributed by atoms with Gasteiger partial charge in [0.25, 0.3) is 0 Å². The molecule has 1 atom stereocenters. The molecule has 3 aromatic rings. The smallest absolute Gasteiger partial charge is 0.341 e. The maximum Gasteiger partial charge on any atom is 0.341 e. The molecule has 0 aliphatic heterocycles. The van der Waals surface area contributed by atoms with Crippen molar-refractivity contribution in [2.24, 2.45) is 5.92 Å². The Balaban J connectivity index is 1.54. The van der Waals surface area contributed by atoms with Crippen molar-refractivity contribution in [1.82, 2.24) is 10.2 Å². The molecule has 0 saturated carbocycles. The van der Waals surface area contributed by atoms with Gasteiger partial charge in [0.1, 0.15) is 10.8 Å². The van der Waals surface area contributed by atoms with E-state index < -0.39 is 32.7 Å². The number of carbonyl (C=O) groups excluding carboxylic acids is 2. The quantitative estimate of drug-likeness (QED) is 0.504. The van der Waals surface area contributed by atoms with Gasteiger partial charge in [-0.15, -0.1) is 16.4 Å². The number of rotatable bonds is 6. The highest BCUT2D eigenvalue weighted by molar-refractivity contribution is 7.91. The van der Waals surface area contributed by atoms with Gasteiger partial charge in [-0.2, -0.15) is 0 Å². The topological polar surface area (TPSA) is 128 Å². The number of thiophene rings is 1. The summed E-state index contributed by atoms with van der Waals surface area (Å²) in [5.74, 6) is -1.75. The van der Waals surface area contributed by atoms with Gasteiger partial charge in [0, 0.05) is 10.4 Å². The SMILES string of the molecule is COC(=O)c1c(NC(=O)CS(=O)(=O)c2nnc(-c3ccc(C)c(C)c3)o2)sc2c1CCC(C)C2. The van der Waals surface area contributed by atoms with Crippen LogP contribution < -0.4 is 5.32 Å². The first-order valence-electron chi connectivity index (χ1n) is 10.8. The van der Waals surface area contributed by atoms with Crippen molar-refractivity contribution in [2.75, 3.05) is 18.2 Å². The lowest BCUT2D eigenvalue weighted by Crippen LogP contribution is -2.24. The Hall–Kier alpha value is -3.05. The average molecular weight is 504 g/mol. The molecule has 1 aliphatic carbocycles. The summed E-state index contributed by atoms with van der Waals surface area (Å²) in [5.41, 5.74) is 3.82. The standard InChI is InChI=1S/C23H25N3O6S2/c1-12-5-8-16-17(9-12)33-21(19(16)22(28)31-4)24-18(27)11-34(29,30)23-26-25-20(32-23)15-7-6-13(2)14(3)10-15/h6-7,10,12H,5,8-9,11H2,1-4H3,(H,24,27). The number of nitrogens with zero attached hydrogens (tertiary/aromatic N) is 2. The summed E-state index contributed by atoms with van der Waals surface area (Å²) < 4.78 is 35.8. The van der Waals surface area contributed by atoms with E-state index in [1.54, 1.807) is 6.07 Å². The molecule has 1 amide bonds. The van der Waals surface area contributed by atoms with Crippen LogP contribution >= 0.6 is 11.3 Å². The number of nitrogens with one attached hydrogen (secondary N) is 1. The van der Waals surface area contributed by atoms with E-state index in [2.05, 4.69) is 22.4 Å². The Morgan fingerprint density at radius 1 is 1.24 bits per heavy atom. The Labute approximate surface area is 201 Å². The summed E-state index contributed by atoms with van der Waals surface area (Å²) in [7, 11) is -2.92. The van der Waals surface area contributed by atoms with Crippen LogP contribution in [0.3, 0.4) is 0 Å². The third-order valence-corrected chi connectivity index (χ3v) is 8.41. The van der Waals surface area contributed by atoms with Crippen molar-refractivity contribution in [1.29, 1.82) is 0 Å². The van der Waals surface area contributed by atoms with Crippen molar-refractivity contribution in [3.05, 3.63) is 45.3 Å². The van der Waals surface area contributed by atoms with Gasteiger partial charge in [-0.05, 0) is 67.9 Å². The molecule has 1 aliphatic rings. The second-order valence-corrected chi connectivity index (χ2v) is 11.5. The Bertz CT molecular complexity index is 1370. The molecular formula is C23H25N3O6S2. The first kappa shape index (κ1) is 24.1. The molecule has 2 heterocycles. The van der Waals surface area contributed by atoms with E-state index in [0.29, 0.717) is 28.5 Å². The Morgan fingerprint density at radius 3 is 2.71 bits per heavy atom. The second-order valence-electron chi connectivity index (χ2n) is 8.53. The first-order valence-corrected chi connectivity index (χ1v) is 13.2. The van der Waals surface area contributed by atoms with Gasteiger partial charge in [-0.1, -0.05) is 18.1 Å². The number of carbonyl (C=O) groups is 2. The van der Waals surface area contributed by atoms with Crippen LogP contribution in [0.2, 0.25) is 0 Å². The van der Waals surface area contributed by atoms with Crippen LogP contribution in [0.15, 0.2) is 27.8 Å². The van der Waals surface area contributed by atoms with Crippen LogP contribution in [0.4, 0.5) is 5.00 Å². The van der Waals surface area contributed by atoms with E-state index in [-0.39, 0.29) is 5.89 Å². The minimum atomic E-state index is -4.20. The zero-order chi connectivity index (χ0) is 24.6. The van der Waals surface area contributed by atoms with Gasteiger partial charge in [-0.3, -0.25) is 4.79 Å². The molecule has 0 saturated heterocycles. The summed E-state index contributed by atoms with van der Waals surface area (Å²) in [4.78, 5) is 26.1. The van der Waals surface area contributed by atoms with Crippen LogP contribution in [-0.2, 0) is 32.2 Å². The highest BCUT2D eigenvalue weighted by Gasteiger charge is 2.31. The lowest BCUT2D eigenvalue weighted by atomic mass is 9.88. The minimum Gasteiger partial charge on any atom is -0.465 e. The monoisotopic (exact) mass is 503 g/mol. The van der Waals surface area contributed by atoms with Crippen molar-refractivity contribution in [2.45, 2.75) is 45.3 Å². The number of ether oxygens (including phenoxy) is 1. The third kappa shape index (κ3) is 4.76. The number of benzene rings is 1. The van der Waals surface area contributed by atoms with Crippen LogP contribution in [0.25, 0.3) is 11.5 Å². The third-order valence-electron chi connectivity index (χ3n) is 5.90. The highest BCUT2D eigenvalue weighted by atomic mass is 32.2. The molecular weight excluding hydrogens is 478 g/mol. The number of sulfone groups is 1. The number of aromatic nitrogens is 2. The predicted octanol–water partition coefficient (Wildman–Crippen LogP) is 3.74. The number of hydrogen-bond donors (Lipinski definition) is 1. The van der Waals surface area contributed by atoms with E-state index in [9.17, 15) is 18.0 Å². The summed E-state index contributed by atoms with van der Waals surface area (Å²) in [6.45, 7) is 6.00. The molecule has 0 radical (unpaired) electrons. The first-order chi connectivity index (χ1) is 16.1. The van der Waals surface area contributed by atoms with E-state index in [1.807, 2.05) is 26.0 Å². The number of hydrogen-bond acceptors (Lipinski definition) is 9. The normalized spacial score (nSPS) is 15.6. The van der Waals surface area contributed by atoms with Crippen LogP contribution in [0.5, 0.6) is 0 Å². The van der Waals surface area contributed by atoms with Crippen LogP contribution in [0.1, 0.15) is 45.3 Å². The summed E-state index contributed by atoms with van der Waals surface area (Å²) >= 11 is 1.28. The fourth-order valence-electron chi connectivity index (χ4n) is 3.88. The molecule has 180 valence electrons. The van der Waals surface area contributed by atoms with E-state index >= 15 is 0 Å². The summed E-state index contributed by atoms with van der Waals surface area (Å²) in [6, 6.07) is 5.45. The lowest BCUT2D eigenvalue weighted by Gasteiger charge is -2.18. The van der Waals surface area contributed by atoms with Gasteiger partial charge < -0.3 is 14.5 Å². The van der Waals surface area contributed by atoms with Gasteiger partial charge in [-0.25, -0.2) is 13.2 Å². The van der Waals surface area contributed by atoms with Gasteiger partial charge in [0.2, 0.25) is 21.6 Å². The van der Waals surface area contributed by atoms with Crippen molar-refractivity contribution >= 4 is 38.1 Å². The minimum absolute atomic E-state index is 0.0510. The molecule has 2 aromatic heterocycles. The molecule has 0 spiro atoms. The highest BCUT2D eigenvalue weighted by Crippen LogP contribution is 2.40. The molecule has 1 aromatic carbocycles. The van der Waals surface area contributed by atoms with E-state index in [4.69, 9.17) is 9.15 Å². The zero-order valence-corrected chi connectivity index (χ0v) is 20.9.